The lowest BCUT2D eigenvalue weighted by Crippen LogP contribution is -2.39. The zero-order valence-electron chi connectivity index (χ0n) is 17.7. The van der Waals surface area contributed by atoms with Gasteiger partial charge in [0.25, 0.3) is 5.56 Å². The van der Waals surface area contributed by atoms with Crippen molar-refractivity contribution in [3.63, 3.8) is 0 Å². The van der Waals surface area contributed by atoms with Crippen LogP contribution in [0.3, 0.4) is 0 Å². The Morgan fingerprint density at radius 2 is 2.16 bits per heavy atom. The maximum Gasteiger partial charge on any atom is 0.256 e. The van der Waals surface area contributed by atoms with Gasteiger partial charge in [0.2, 0.25) is 5.91 Å². The van der Waals surface area contributed by atoms with Crippen LogP contribution < -0.4 is 10.3 Å². The predicted octanol–water partition coefficient (Wildman–Crippen LogP) is 2.45. The standard InChI is InChI=1S/C23H25N5O3/c1-15-12-17(31-2)7-6-16(15)4-3-5-21(29)28-11-8-19-18(14-28)23(30)27-22(26-19)20-13-24-9-10-25-20/h6-7,9-10,12-13H,3-5,8,11,14H2,1-2H3,(H,26,27,30). The number of ether oxygens (including phenoxy) is 1. The van der Waals surface area contributed by atoms with Gasteiger partial charge in [-0.2, -0.15) is 0 Å². The molecule has 3 aromatic rings. The average Bonchev–Trinajstić information content (AvgIpc) is 2.80. The lowest BCUT2D eigenvalue weighted by Gasteiger charge is -2.28. The summed E-state index contributed by atoms with van der Waals surface area (Å²) in [5.74, 6) is 1.31. The van der Waals surface area contributed by atoms with Crippen molar-refractivity contribution in [1.82, 2.24) is 24.8 Å². The lowest BCUT2D eigenvalue weighted by atomic mass is 10.0. The fourth-order valence-electron chi connectivity index (χ4n) is 3.84. The van der Waals surface area contributed by atoms with Crippen molar-refractivity contribution in [1.29, 1.82) is 0 Å². The SMILES string of the molecule is COc1ccc(CCCC(=O)N2CCc3nc(-c4cnccn4)[nH]c(=O)c3C2)c(C)c1. The number of carbonyl (C=O) groups is 1. The Hall–Kier alpha value is -3.55. The van der Waals surface area contributed by atoms with Gasteiger partial charge in [-0.3, -0.25) is 14.6 Å². The Bertz CT molecular complexity index is 1140. The highest BCUT2D eigenvalue weighted by molar-refractivity contribution is 5.76. The van der Waals surface area contributed by atoms with Crippen molar-refractivity contribution in [2.24, 2.45) is 0 Å². The molecule has 0 saturated carbocycles. The molecule has 0 unspecified atom stereocenters. The molecule has 8 heteroatoms. The number of amides is 1. The van der Waals surface area contributed by atoms with Crippen LogP contribution >= 0.6 is 0 Å². The van der Waals surface area contributed by atoms with Gasteiger partial charge in [-0.1, -0.05) is 6.07 Å². The summed E-state index contributed by atoms with van der Waals surface area (Å²) in [5.41, 5.74) is 3.96. The first-order valence-corrected chi connectivity index (χ1v) is 10.3. The smallest absolute Gasteiger partial charge is 0.256 e. The fourth-order valence-corrected chi connectivity index (χ4v) is 3.84. The minimum absolute atomic E-state index is 0.0641. The zero-order chi connectivity index (χ0) is 21.8. The van der Waals surface area contributed by atoms with E-state index in [1.54, 1.807) is 30.6 Å². The van der Waals surface area contributed by atoms with Crippen molar-refractivity contribution in [3.8, 4) is 17.3 Å². The van der Waals surface area contributed by atoms with Crippen LogP contribution in [-0.4, -0.2) is 44.4 Å². The van der Waals surface area contributed by atoms with Crippen molar-refractivity contribution >= 4 is 5.91 Å². The Labute approximate surface area is 180 Å². The second-order valence-electron chi connectivity index (χ2n) is 7.64. The summed E-state index contributed by atoms with van der Waals surface area (Å²) in [6.07, 6.45) is 7.28. The van der Waals surface area contributed by atoms with E-state index >= 15 is 0 Å². The molecule has 0 fully saturated rings. The highest BCUT2D eigenvalue weighted by Crippen LogP contribution is 2.20. The molecule has 0 spiro atoms. The molecule has 0 aliphatic carbocycles. The van der Waals surface area contributed by atoms with Crippen LogP contribution in [0.1, 0.15) is 35.2 Å². The van der Waals surface area contributed by atoms with Gasteiger partial charge in [-0.15, -0.1) is 0 Å². The molecule has 4 rings (SSSR count). The third-order valence-electron chi connectivity index (χ3n) is 5.61. The van der Waals surface area contributed by atoms with Gasteiger partial charge in [-0.05, 0) is 43.0 Å². The molecular weight excluding hydrogens is 394 g/mol. The van der Waals surface area contributed by atoms with Gasteiger partial charge in [0, 0.05) is 31.8 Å². The van der Waals surface area contributed by atoms with E-state index in [0.29, 0.717) is 43.0 Å². The predicted molar refractivity (Wildman–Crippen MR) is 116 cm³/mol. The lowest BCUT2D eigenvalue weighted by molar-refractivity contribution is -0.132. The van der Waals surface area contributed by atoms with Crippen LogP contribution in [0.25, 0.3) is 11.5 Å². The van der Waals surface area contributed by atoms with E-state index < -0.39 is 0 Å². The molecule has 1 N–H and O–H groups in total. The number of rotatable bonds is 6. The average molecular weight is 419 g/mol. The van der Waals surface area contributed by atoms with Crippen molar-refractivity contribution in [3.05, 3.63) is 69.5 Å². The maximum absolute atomic E-state index is 12.7. The second-order valence-corrected chi connectivity index (χ2v) is 7.64. The van der Waals surface area contributed by atoms with E-state index in [9.17, 15) is 9.59 Å². The van der Waals surface area contributed by atoms with Crippen LogP contribution in [0.2, 0.25) is 0 Å². The van der Waals surface area contributed by atoms with Crippen molar-refractivity contribution in [2.45, 2.75) is 39.2 Å². The van der Waals surface area contributed by atoms with Crippen LogP contribution in [0, 0.1) is 6.92 Å². The summed E-state index contributed by atoms with van der Waals surface area (Å²) in [6.45, 7) is 2.90. The Kier molecular flexibility index (Phi) is 6.06. The number of fused-ring (bicyclic) bond motifs is 1. The number of nitrogens with one attached hydrogen (secondary N) is 1. The number of benzene rings is 1. The number of hydrogen-bond donors (Lipinski definition) is 1. The molecular formula is C23H25N5O3. The Morgan fingerprint density at radius 3 is 2.90 bits per heavy atom. The number of hydrogen-bond acceptors (Lipinski definition) is 6. The first kappa shape index (κ1) is 20.7. The van der Waals surface area contributed by atoms with Crippen molar-refractivity contribution in [2.75, 3.05) is 13.7 Å². The van der Waals surface area contributed by atoms with Crippen molar-refractivity contribution < 1.29 is 9.53 Å². The summed E-state index contributed by atoms with van der Waals surface area (Å²) in [7, 11) is 1.65. The molecule has 1 aliphatic heterocycles. The number of aromatic nitrogens is 4. The monoisotopic (exact) mass is 419 g/mol. The van der Waals surface area contributed by atoms with E-state index in [0.717, 1.165) is 29.8 Å². The largest absolute Gasteiger partial charge is 0.497 e. The first-order valence-electron chi connectivity index (χ1n) is 10.3. The van der Waals surface area contributed by atoms with E-state index in [4.69, 9.17) is 4.74 Å². The molecule has 1 aromatic carbocycles. The molecule has 0 radical (unpaired) electrons. The van der Waals surface area contributed by atoms with E-state index in [1.807, 2.05) is 12.1 Å². The van der Waals surface area contributed by atoms with Crippen LogP contribution in [0.4, 0.5) is 0 Å². The molecule has 2 aromatic heterocycles. The normalized spacial score (nSPS) is 13.0. The molecule has 3 heterocycles. The van der Waals surface area contributed by atoms with Gasteiger partial charge in [0.15, 0.2) is 5.82 Å². The number of nitrogens with zero attached hydrogens (tertiary/aromatic N) is 4. The van der Waals surface area contributed by atoms with Gasteiger partial charge < -0.3 is 14.6 Å². The minimum atomic E-state index is -0.225. The second kappa shape index (κ2) is 9.07. The summed E-state index contributed by atoms with van der Waals surface area (Å²) >= 11 is 0. The number of aryl methyl sites for hydroxylation is 2. The summed E-state index contributed by atoms with van der Waals surface area (Å²) in [6, 6.07) is 6.00. The Balaban J connectivity index is 1.38. The van der Waals surface area contributed by atoms with E-state index in [1.165, 1.54) is 5.56 Å². The summed E-state index contributed by atoms with van der Waals surface area (Å²) in [4.78, 5) is 42.7. The highest BCUT2D eigenvalue weighted by atomic mass is 16.5. The van der Waals surface area contributed by atoms with Crippen LogP contribution in [0.5, 0.6) is 5.75 Å². The zero-order valence-corrected chi connectivity index (χ0v) is 17.7. The van der Waals surface area contributed by atoms with Gasteiger partial charge in [0.05, 0.1) is 31.1 Å². The molecule has 1 aliphatic rings. The van der Waals surface area contributed by atoms with Gasteiger partial charge >= 0.3 is 0 Å². The quantitative estimate of drug-likeness (QED) is 0.659. The third kappa shape index (κ3) is 4.63. The molecule has 0 saturated heterocycles. The van der Waals surface area contributed by atoms with E-state index in [-0.39, 0.29) is 11.5 Å². The highest BCUT2D eigenvalue weighted by Gasteiger charge is 2.24. The van der Waals surface area contributed by atoms with Gasteiger partial charge in [0.1, 0.15) is 11.4 Å². The van der Waals surface area contributed by atoms with Crippen LogP contribution in [0.15, 0.2) is 41.6 Å². The molecule has 31 heavy (non-hydrogen) atoms. The topological polar surface area (TPSA) is 101 Å². The number of aromatic amines is 1. The molecule has 0 atom stereocenters. The molecule has 0 bridgehead atoms. The molecule has 1 amide bonds. The number of H-pyrrole nitrogens is 1. The summed E-state index contributed by atoms with van der Waals surface area (Å²) in [5, 5.41) is 0. The first-order chi connectivity index (χ1) is 15.0. The Morgan fingerprint density at radius 1 is 1.29 bits per heavy atom. The third-order valence-corrected chi connectivity index (χ3v) is 5.61. The number of methoxy groups -OCH3 is 1. The van der Waals surface area contributed by atoms with E-state index in [2.05, 4.69) is 32.9 Å². The maximum atomic E-state index is 12.7. The molecule has 8 nitrogen and oxygen atoms in total. The molecule has 160 valence electrons. The summed E-state index contributed by atoms with van der Waals surface area (Å²) < 4.78 is 5.24. The van der Waals surface area contributed by atoms with Gasteiger partial charge in [-0.25, -0.2) is 9.97 Å². The van der Waals surface area contributed by atoms with Crippen LogP contribution in [-0.2, 0) is 24.2 Å². The fraction of sp³-hybridized carbons (Fsp3) is 0.348. The minimum Gasteiger partial charge on any atom is -0.497 e. The number of carbonyl (C=O) groups excluding carboxylic acids is 1.